The average molecular weight is 287 g/mol. The van der Waals surface area contributed by atoms with E-state index in [2.05, 4.69) is 20.6 Å². The summed E-state index contributed by atoms with van der Waals surface area (Å²) in [5.74, 6) is 0.542. The molecule has 0 aliphatic rings. The fourth-order valence-electron chi connectivity index (χ4n) is 1.81. The molecule has 0 saturated carbocycles. The predicted octanol–water partition coefficient (Wildman–Crippen LogP) is 2.02. The number of hydrogen-bond acceptors (Lipinski definition) is 7. The average Bonchev–Trinajstić information content (AvgIpc) is 2.51. The van der Waals surface area contributed by atoms with Gasteiger partial charge >= 0.3 is 5.97 Å². The lowest BCUT2D eigenvalue weighted by molar-refractivity contribution is 0.0602. The number of carbonyl (C=O) groups excluding carboxylic acids is 1. The zero-order valence-corrected chi connectivity index (χ0v) is 11.9. The number of nitrogen functional groups attached to an aromatic ring is 1. The van der Waals surface area contributed by atoms with Gasteiger partial charge in [-0.25, -0.2) is 14.8 Å². The van der Waals surface area contributed by atoms with Crippen molar-refractivity contribution in [2.45, 2.75) is 6.92 Å². The molecule has 110 valence electrons. The number of nitrogens with zero attached hydrogens (tertiary/aromatic N) is 2. The highest BCUT2D eigenvalue weighted by molar-refractivity contribution is 5.97. The summed E-state index contributed by atoms with van der Waals surface area (Å²) in [6.07, 6.45) is 1.40. The largest absolute Gasteiger partial charge is 0.465 e. The maximum Gasteiger partial charge on any atom is 0.339 e. The predicted molar refractivity (Wildman–Crippen MR) is 81.7 cm³/mol. The zero-order valence-electron chi connectivity index (χ0n) is 11.9. The molecule has 0 bridgehead atoms. The molecule has 4 N–H and O–H groups in total. The van der Waals surface area contributed by atoms with Crippen molar-refractivity contribution in [1.82, 2.24) is 9.97 Å². The summed E-state index contributed by atoms with van der Waals surface area (Å²) in [6, 6.07) is 6.97. The fourth-order valence-corrected chi connectivity index (χ4v) is 1.81. The lowest BCUT2D eigenvalue weighted by Crippen LogP contribution is -2.09. The first-order valence-electron chi connectivity index (χ1n) is 6.46. The van der Waals surface area contributed by atoms with Gasteiger partial charge in [0, 0.05) is 6.54 Å². The Hall–Kier alpha value is -2.83. The highest BCUT2D eigenvalue weighted by Gasteiger charge is 2.13. The lowest BCUT2D eigenvalue weighted by Gasteiger charge is -2.13. The quantitative estimate of drug-likeness (QED) is 0.723. The lowest BCUT2D eigenvalue weighted by atomic mass is 10.2. The van der Waals surface area contributed by atoms with Gasteiger partial charge in [0.25, 0.3) is 0 Å². The topological polar surface area (TPSA) is 102 Å². The minimum Gasteiger partial charge on any atom is -0.465 e. The number of nitrogens with two attached hydrogens (primary N) is 1. The van der Waals surface area contributed by atoms with Gasteiger partial charge in [-0.2, -0.15) is 0 Å². The Morgan fingerprint density at radius 1 is 1.29 bits per heavy atom. The molecule has 0 amide bonds. The number of methoxy groups -OCH3 is 1. The summed E-state index contributed by atoms with van der Waals surface area (Å²) in [5.41, 5.74) is 7.37. The van der Waals surface area contributed by atoms with Crippen molar-refractivity contribution in [3.8, 4) is 0 Å². The maximum atomic E-state index is 11.7. The third kappa shape index (κ3) is 3.19. The zero-order chi connectivity index (χ0) is 15.2. The molecule has 0 spiro atoms. The molecule has 2 aromatic rings. The molecule has 2 rings (SSSR count). The van der Waals surface area contributed by atoms with Crippen LogP contribution in [-0.2, 0) is 4.74 Å². The van der Waals surface area contributed by atoms with Gasteiger partial charge in [-0.05, 0) is 19.1 Å². The molecule has 0 aliphatic heterocycles. The van der Waals surface area contributed by atoms with Crippen LogP contribution in [0.3, 0.4) is 0 Å². The number of benzene rings is 1. The minimum absolute atomic E-state index is 0.388. The van der Waals surface area contributed by atoms with Gasteiger partial charge in [0.2, 0.25) is 0 Å². The van der Waals surface area contributed by atoms with E-state index in [1.54, 1.807) is 24.3 Å². The number of rotatable bonds is 5. The standard InChI is InChI=1S/C14H17N5O2/c1-3-16-12-11(15)13(18-8-17-12)19-10-7-5-4-6-9(10)14(20)21-2/h4-8H,3,15H2,1-2H3,(H2,16,17,18,19). The molecular weight excluding hydrogens is 270 g/mol. The molecular formula is C14H17N5O2. The van der Waals surface area contributed by atoms with Gasteiger partial charge in [0.05, 0.1) is 18.4 Å². The second-order valence-corrected chi connectivity index (χ2v) is 4.18. The fraction of sp³-hybridized carbons (Fsp3) is 0.214. The second-order valence-electron chi connectivity index (χ2n) is 4.18. The van der Waals surface area contributed by atoms with Crippen LogP contribution < -0.4 is 16.4 Å². The molecule has 1 aromatic carbocycles. The van der Waals surface area contributed by atoms with Crippen molar-refractivity contribution in [2.75, 3.05) is 30.0 Å². The second kappa shape index (κ2) is 6.56. The number of hydrogen-bond donors (Lipinski definition) is 3. The Kier molecular flexibility index (Phi) is 4.55. The number of esters is 1. The Morgan fingerprint density at radius 2 is 2.00 bits per heavy atom. The van der Waals surface area contributed by atoms with Crippen LogP contribution in [0.15, 0.2) is 30.6 Å². The van der Waals surface area contributed by atoms with Crippen molar-refractivity contribution >= 4 is 29.0 Å². The van der Waals surface area contributed by atoms with Crippen LogP contribution in [0.25, 0.3) is 0 Å². The Labute approximate surface area is 122 Å². The number of aromatic nitrogens is 2. The van der Waals surface area contributed by atoms with Crippen LogP contribution in [0.1, 0.15) is 17.3 Å². The third-order valence-electron chi connectivity index (χ3n) is 2.81. The first-order valence-corrected chi connectivity index (χ1v) is 6.46. The van der Waals surface area contributed by atoms with Crippen LogP contribution in [0.4, 0.5) is 23.0 Å². The number of ether oxygens (including phenoxy) is 1. The highest BCUT2D eigenvalue weighted by atomic mass is 16.5. The van der Waals surface area contributed by atoms with Gasteiger partial charge in [0.1, 0.15) is 12.0 Å². The van der Waals surface area contributed by atoms with Gasteiger partial charge in [-0.1, -0.05) is 12.1 Å². The summed E-state index contributed by atoms with van der Waals surface area (Å²) >= 11 is 0. The summed E-state index contributed by atoms with van der Waals surface area (Å²) < 4.78 is 4.75. The third-order valence-corrected chi connectivity index (χ3v) is 2.81. The van der Waals surface area contributed by atoms with Crippen LogP contribution in [0, 0.1) is 0 Å². The van der Waals surface area contributed by atoms with E-state index in [0.29, 0.717) is 35.1 Å². The van der Waals surface area contributed by atoms with Gasteiger partial charge in [-0.15, -0.1) is 0 Å². The van der Waals surface area contributed by atoms with Gasteiger partial charge < -0.3 is 21.1 Å². The molecule has 0 saturated heterocycles. The SMILES string of the molecule is CCNc1ncnc(Nc2ccccc2C(=O)OC)c1N. The summed E-state index contributed by atoms with van der Waals surface area (Å²) in [6.45, 7) is 2.64. The Morgan fingerprint density at radius 3 is 2.71 bits per heavy atom. The summed E-state index contributed by atoms with van der Waals surface area (Å²) in [7, 11) is 1.33. The molecule has 0 unspecified atom stereocenters. The van der Waals surface area contributed by atoms with Crippen molar-refractivity contribution < 1.29 is 9.53 Å². The number of nitrogens with one attached hydrogen (secondary N) is 2. The first-order chi connectivity index (χ1) is 10.2. The molecule has 1 heterocycles. The number of para-hydroxylation sites is 1. The Bertz CT molecular complexity index is 645. The number of carbonyl (C=O) groups is 1. The first kappa shape index (κ1) is 14.6. The summed E-state index contributed by atoms with van der Waals surface area (Å²) in [5, 5.41) is 6.08. The summed E-state index contributed by atoms with van der Waals surface area (Å²) in [4.78, 5) is 19.9. The molecule has 0 fully saturated rings. The van der Waals surface area contributed by atoms with Crippen LogP contribution >= 0.6 is 0 Å². The molecule has 1 aromatic heterocycles. The number of anilines is 4. The molecule has 21 heavy (non-hydrogen) atoms. The maximum absolute atomic E-state index is 11.7. The van der Waals surface area contributed by atoms with Crippen molar-refractivity contribution in [2.24, 2.45) is 0 Å². The molecule has 0 atom stereocenters. The minimum atomic E-state index is -0.433. The van der Waals surface area contributed by atoms with Gasteiger partial charge in [-0.3, -0.25) is 0 Å². The normalized spacial score (nSPS) is 10.0. The van der Waals surface area contributed by atoms with Crippen LogP contribution in [-0.4, -0.2) is 29.6 Å². The van der Waals surface area contributed by atoms with E-state index >= 15 is 0 Å². The van der Waals surface area contributed by atoms with E-state index in [4.69, 9.17) is 10.5 Å². The van der Waals surface area contributed by atoms with Crippen LogP contribution in [0.5, 0.6) is 0 Å². The van der Waals surface area contributed by atoms with Crippen molar-refractivity contribution in [3.63, 3.8) is 0 Å². The van der Waals surface area contributed by atoms with E-state index in [0.717, 1.165) is 0 Å². The molecule has 0 aliphatic carbocycles. The highest BCUT2D eigenvalue weighted by Crippen LogP contribution is 2.27. The van der Waals surface area contributed by atoms with Crippen molar-refractivity contribution in [1.29, 1.82) is 0 Å². The van der Waals surface area contributed by atoms with E-state index in [9.17, 15) is 4.79 Å². The Balaban J connectivity index is 2.35. The van der Waals surface area contributed by atoms with Gasteiger partial charge in [0.15, 0.2) is 11.6 Å². The van der Waals surface area contributed by atoms with E-state index in [-0.39, 0.29) is 0 Å². The van der Waals surface area contributed by atoms with E-state index in [1.165, 1.54) is 13.4 Å². The molecule has 7 heteroatoms. The van der Waals surface area contributed by atoms with Crippen LogP contribution in [0.2, 0.25) is 0 Å². The van der Waals surface area contributed by atoms with E-state index < -0.39 is 5.97 Å². The van der Waals surface area contributed by atoms with Crippen molar-refractivity contribution in [3.05, 3.63) is 36.2 Å². The molecule has 0 radical (unpaired) electrons. The molecule has 7 nitrogen and oxygen atoms in total. The monoisotopic (exact) mass is 287 g/mol. The smallest absolute Gasteiger partial charge is 0.339 e. The van der Waals surface area contributed by atoms with E-state index in [1.807, 2.05) is 6.92 Å².